The van der Waals surface area contributed by atoms with Crippen molar-refractivity contribution in [2.75, 3.05) is 0 Å². The van der Waals surface area contributed by atoms with Gasteiger partial charge in [-0.25, -0.2) is 9.97 Å². The summed E-state index contributed by atoms with van der Waals surface area (Å²) >= 11 is 1.85. The van der Waals surface area contributed by atoms with Gasteiger partial charge in [0.2, 0.25) is 0 Å². The molecule has 0 unspecified atom stereocenters. The van der Waals surface area contributed by atoms with E-state index in [-0.39, 0.29) is 0 Å². The lowest BCUT2D eigenvalue weighted by Gasteiger charge is -2.15. The van der Waals surface area contributed by atoms with Crippen LogP contribution in [-0.2, 0) is 0 Å². The Hall–Kier alpha value is -6.94. The summed E-state index contributed by atoms with van der Waals surface area (Å²) < 4.78 is 2.60. The molecular weight excluding hydrogens is 685 g/mol. The van der Waals surface area contributed by atoms with Gasteiger partial charge in [0.15, 0.2) is 5.82 Å². The van der Waals surface area contributed by atoms with Crippen molar-refractivity contribution in [3.63, 3.8) is 0 Å². The Balaban J connectivity index is 1.19. The molecule has 55 heavy (non-hydrogen) atoms. The summed E-state index contributed by atoms with van der Waals surface area (Å²) in [5, 5.41) is 2.58. The monoisotopic (exact) mass is 718 g/mol. The van der Waals surface area contributed by atoms with Gasteiger partial charge in [0, 0.05) is 36.9 Å². The van der Waals surface area contributed by atoms with Crippen LogP contribution < -0.4 is 0 Å². The first kappa shape index (κ1) is 32.7. The number of benzene rings is 8. The highest BCUT2D eigenvalue weighted by molar-refractivity contribution is 7.25. The molecule has 2 heterocycles. The summed E-state index contributed by atoms with van der Waals surface area (Å²) in [5.74, 6) is 0.692. The first-order chi connectivity index (χ1) is 27.2. The molecule has 0 radical (unpaired) electrons. The van der Waals surface area contributed by atoms with Crippen molar-refractivity contribution in [2.24, 2.45) is 0 Å². The van der Waals surface area contributed by atoms with E-state index in [1.807, 2.05) is 29.5 Å². The van der Waals surface area contributed by atoms with Gasteiger partial charge in [0.1, 0.15) is 0 Å². The fourth-order valence-corrected chi connectivity index (χ4v) is 8.56. The van der Waals surface area contributed by atoms with Crippen LogP contribution in [0.5, 0.6) is 0 Å². The standard InChI is InChI=1S/C52H34N2S/c1-5-15-35(16-6-1)40-27-41(36-17-7-2-8-18-36)30-44(29-40)48-34-49(54-52(53-48)38-21-11-4-12-22-38)45-31-42(37-19-9-3-10-20-37)28-43(32-45)39-25-26-51-47(33-39)46-23-13-14-24-50(46)55-51/h1-34H. The van der Waals surface area contributed by atoms with Gasteiger partial charge in [-0.15, -0.1) is 11.3 Å². The summed E-state index contributed by atoms with van der Waals surface area (Å²) in [4.78, 5) is 10.6. The third-order valence-electron chi connectivity index (χ3n) is 10.2. The maximum Gasteiger partial charge on any atom is 0.160 e. The van der Waals surface area contributed by atoms with Crippen LogP contribution in [0.4, 0.5) is 0 Å². The second kappa shape index (κ2) is 14.1. The SMILES string of the molecule is c1ccc(-c2cc(-c3ccccc3)cc(-c3cc(-c4cc(-c5ccccc5)cc(-c5ccc6sc7ccccc7c6c5)c4)nc(-c4ccccc4)n3)c2)cc1. The van der Waals surface area contributed by atoms with Crippen LogP contribution in [0.25, 0.3) is 98.6 Å². The van der Waals surface area contributed by atoms with Crippen LogP contribution in [0.1, 0.15) is 0 Å². The third-order valence-corrected chi connectivity index (χ3v) is 11.4. The lowest BCUT2D eigenvalue weighted by Crippen LogP contribution is -1.97. The molecule has 0 fully saturated rings. The molecule has 0 N–H and O–H groups in total. The van der Waals surface area contributed by atoms with Crippen LogP contribution in [0, 0.1) is 0 Å². The molecule has 0 aliphatic rings. The lowest BCUT2D eigenvalue weighted by molar-refractivity contribution is 1.18. The molecule has 2 aromatic heterocycles. The van der Waals surface area contributed by atoms with E-state index in [1.165, 1.54) is 25.7 Å². The normalized spacial score (nSPS) is 11.3. The average Bonchev–Trinajstić information content (AvgIpc) is 3.65. The first-order valence-corrected chi connectivity index (χ1v) is 19.4. The van der Waals surface area contributed by atoms with E-state index in [4.69, 9.17) is 9.97 Å². The number of rotatable bonds is 7. The predicted octanol–water partition coefficient (Wildman–Crippen LogP) is 14.5. The van der Waals surface area contributed by atoms with Crippen molar-refractivity contribution in [3.8, 4) is 78.4 Å². The van der Waals surface area contributed by atoms with Gasteiger partial charge in [0.05, 0.1) is 11.4 Å². The second-order valence-corrected chi connectivity index (χ2v) is 14.9. The van der Waals surface area contributed by atoms with Crippen molar-refractivity contribution < 1.29 is 0 Å². The Morgan fingerprint density at radius 3 is 1.16 bits per heavy atom. The topological polar surface area (TPSA) is 25.8 Å². The van der Waals surface area contributed by atoms with E-state index in [0.29, 0.717) is 5.82 Å². The first-order valence-electron chi connectivity index (χ1n) is 18.6. The highest BCUT2D eigenvalue weighted by Crippen LogP contribution is 2.40. The molecule has 10 aromatic rings. The lowest BCUT2D eigenvalue weighted by atomic mass is 9.93. The molecule has 0 saturated heterocycles. The zero-order valence-electron chi connectivity index (χ0n) is 29.9. The van der Waals surface area contributed by atoms with Crippen LogP contribution in [-0.4, -0.2) is 9.97 Å². The van der Waals surface area contributed by atoms with Gasteiger partial charge in [-0.1, -0.05) is 146 Å². The molecule has 258 valence electrons. The van der Waals surface area contributed by atoms with E-state index >= 15 is 0 Å². The van der Waals surface area contributed by atoms with Gasteiger partial charge in [0.25, 0.3) is 0 Å². The Kier molecular flexibility index (Phi) is 8.40. The number of aromatic nitrogens is 2. The highest BCUT2D eigenvalue weighted by atomic mass is 32.1. The average molecular weight is 719 g/mol. The summed E-state index contributed by atoms with van der Waals surface area (Å²) in [5.41, 5.74) is 14.0. The van der Waals surface area contributed by atoms with Gasteiger partial charge < -0.3 is 0 Å². The second-order valence-electron chi connectivity index (χ2n) is 13.8. The van der Waals surface area contributed by atoms with Crippen molar-refractivity contribution in [1.82, 2.24) is 9.97 Å². The zero-order valence-corrected chi connectivity index (χ0v) is 30.7. The van der Waals surface area contributed by atoms with Crippen LogP contribution >= 0.6 is 11.3 Å². The maximum absolute atomic E-state index is 5.30. The minimum atomic E-state index is 0.692. The number of hydrogen-bond acceptors (Lipinski definition) is 3. The molecule has 0 spiro atoms. The molecule has 0 aliphatic heterocycles. The van der Waals surface area contributed by atoms with E-state index in [9.17, 15) is 0 Å². The van der Waals surface area contributed by atoms with Gasteiger partial charge in [-0.3, -0.25) is 0 Å². The zero-order chi connectivity index (χ0) is 36.6. The third kappa shape index (κ3) is 6.52. The summed E-state index contributed by atoms with van der Waals surface area (Å²) in [6.45, 7) is 0. The molecule has 3 heteroatoms. The Labute approximate surface area is 324 Å². The van der Waals surface area contributed by atoms with E-state index in [2.05, 4.69) is 188 Å². The van der Waals surface area contributed by atoms with Gasteiger partial charge >= 0.3 is 0 Å². The quantitative estimate of drug-likeness (QED) is 0.164. The number of thiophene rings is 1. The predicted molar refractivity (Wildman–Crippen MR) is 233 cm³/mol. The van der Waals surface area contributed by atoms with E-state index in [1.54, 1.807) is 0 Å². The Bertz CT molecular complexity index is 2900. The smallest absolute Gasteiger partial charge is 0.160 e. The maximum atomic E-state index is 5.30. The molecular formula is C52H34N2S. The molecule has 8 aromatic carbocycles. The van der Waals surface area contributed by atoms with Crippen molar-refractivity contribution >= 4 is 31.5 Å². The van der Waals surface area contributed by atoms with Crippen LogP contribution in [0.15, 0.2) is 206 Å². The molecule has 0 bridgehead atoms. The van der Waals surface area contributed by atoms with Crippen LogP contribution in [0.3, 0.4) is 0 Å². The van der Waals surface area contributed by atoms with Crippen molar-refractivity contribution in [1.29, 1.82) is 0 Å². The number of hydrogen-bond donors (Lipinski definition) is 0. The summed E-state index contributed by atoms with van der Waals surface area (Å²) in [6.07, 6.45) is 0. The largest absolute Gasteiger partial charge is 0.228 e. The molecule has 0 amide bonds. The van der Waals surface area contributed by atoms with Crippen molar-refractivity contribution in [2.45, 2.75) is 0 Å². The number of fused-ring (bicyclic) bond motifs is 3. The highest BCUT2D eigenvalue weighted by Gasteiger charge is 2.16. The fraction of sp³-hybridized carbons (Fsp3) is 0. The summed E-state index contributed by atoms with van der Waals surface area (Å²) in [6, 6.07) is 73.5. The Morgan fingerprint density at radius 2 is 0.655 bits per heavy atom. The summed E-state index contributed by atoms with van der Waals surface area (Å²) in [7, 11) is 0. The van der Waals surface area contributed by atoms with Crippen molar-refractivity contribution in [3.05, 3.63) is 206 Å². The molecule has 10 rings (SSSR count). The molecule has 0 atom stereocenters. The fourth-order valence-electron chi connectivity index (χ4n) is 7.47. The molecule has 0 saturated carbocycles. The van der Waals surface area contributed by atoms with Crippen LogP contribution in [0.2, 0.25) is 0 Å². The minimum absolute atomic E-state index is 0.692. The molecule has 0 aliphatic carbocycles. The van der Waals surface area contributed by atoms with E-state index in [0.717, 1.165) is 67.0 Å². The Morgan fingerprint density at radius 1 is 0.255 bits per heavy atom. The number of nitrogens with zero attached hydrogens (tertiary/aromatic N) is 2. The minimum Gasteiger partial charge on any atom is -0.228 e. The van der Waals surface area contributed by atoms with E-state index < -0.39 is 0 Å². The van der Waals surface area contributed by atoms with Gasteiger partial charge in [-0.05, 0) is 105 Å². The molecule has 2 nitrogen and oxygen atoms in total. The van der Waals surface area contributed by atoms with Gasteiger partial charge in [-0.2, -0.15) is 0 Å².